The van der Waals surface area contributed by atoms with Crippen LogP contribution in [0, 0.1) is 5.82 Å². The Morgan fingerprint density at radius 3 is 2.86 bits per heavy atom. The Bertz CT molecular complexity index is 623. The van der Waals surface area contributed by atoms with Crippen molar-refractivity contribution in [3.05, 3.63) is 52.5 Å². The lowest BCUT2D eigenvalue weighted by molar-refractivity contribution is -0.123. The molecule has 1 heterocycles. The van der Waals surface area contributed by atoms with Gasteiger partial charge in [0.2, 0.25) is 0 Å². The maximum absolute atomic E-state index is 13.0. The van der Waals surface area contributed by atoms with Gasteiger partial charge in [0, 0.05) is 22.9 Å². The van der Waals surface area contributed by atoms with Crippen LogP contribution in [0.25, 0.3) is 0 Å². The fourth-order valence-electron chi connectivity index (χ4n) is 2.27. The molecule has 0 bridgehead atoms. The van der Waals surface area contributed by atoms with Gasteiger partial charge in [0.1, 0.15) is 11.6 Å². The molecule has 1 N–H and O–H groups in total. The van der Waals surface area contributed by atoms with Crippen molar-refractivity contribution in [3.63, 3.8) is 0 Å². The Kier molecular flexibility index (Phi) is 3.92. The van der Waals surface area contributed by atoms with Crippen LogP contribution < -0.4 is 10.1 Å². The van der Waals surface area contributed by atoms with Gasteiger partial charge in [0.05, 0.1) is 0 Å². The van der Waals surface area contributed by atoms with Crippen LogP contribution in [0.5, 0.6) is 5.75 Å². The molecule has 0 unspecified atom stereocenters. The number of rotatable bonds is 6. The number of hydrogen-bond donors (Lipinski definition) is 1. The van der Waals surface area contributed by atoms with E-state index in [4.69, 9.17) is 4.74 Å². The van der Waals surface area contributed by atoms with E-state index in [1.807, 2.05) is 6.07 Å². The summed E-state index contributed by atoms with van der Waals surface area (Å²) in [5.41, 5.74) is 0.128. The van der Waals surface area contributed by atoms with Crippen LogP contribution in [0.1, 0.15) is 17.7 Å². The lowest BCUT2D eigenvalue weighted by Crippen LogP contribution is -2.35. The zero-order valence-corrected chi connectivity index (χ0v) is 12.3. The second kappa shape index (κ2) is 5.85. The van der Waals surface area contributed by atoms with Gasteiger partial charge in [0.25, 0.3) is 5.91 Å². The second-order valence-electron chi connectivity index (χ2n) is 5.28. The minimum Gasteiger partial charge on any atom is -0.484 e. The molecule has 0 radical (unpaired) electrons. The van der Waals surface area contributed by atoms with Gasteiger partial charge in [-0.1, -0.05) is 12.1 Å². The van der Waals surface area contributed by atoms with Crippen molar-refractivity contribution in [1.82, 2.24) is 5.32 Å². The highest BCUT2D eigenvalue weighted by Crippen LogP contribution is 2.49. The van der Waals surface area contributed by atoms with Crippen LogP contribution in [0.15, 0.2) is 41.8 Å². The first-order valence-electron chi connectivity index (χ1n) is 6.87. The quantitative estimate of drug-likeness (QED) is 0.890. The molecule has 0 atom stereocenters. The van der Waals surface area contributed by atoms with Crippen LogP contribution >= 0.6 is 11.3 Å². The van der Waals surface area contributed by atoms with Crippen molar-refractivity contribution in [2.45, 2.75) is 18.3 Å². The Balaban J connectivity index is 1.47. The van der Waals surface area contributed by atoms with E-state index >= 15 is 0 Å². The number of amides is 1. The Hall–Kier alpha value is -1.88. The predicted molar refractivity (Wildman–Crippen MR) is 80.1 cm³/mol. The van der Waals surface area contributed by atoms with Gasteiger partial charge in [0.15, 0.2) is 6.61 Å². The van der Waals surface area contributed by atoms with Gasteiger partial charge in [-0.05, 0) is 36.4 Å². The van der Waals surface area contributed by atoms with Crippen LogP contribution in [-0.2, 0) is 10.2 Å². The summed E-state index contributed by atoms with van der Waals surface area (Å²) < 4.78 is 18.3. The number of hydrogen-bond acceptors (Lipinski definition) is 3. The fourth-order valence-corrected chi connectivity index (χ4v) is 3.25. The summed E-state index contributed by atoms with van der Waals surface area (Å²) in [7, 11) is 0. The molecule has 1 aliphatic rings. The summed E-state index contributed by atoms with van der Waals surface area (Å²) in [6.07, 6.45) is 2.22. The molecule has 1 saturated carbocycles. The van der Waals surface area contributed by atoms with E-state index in [0.717, 1.165) is 12.8 Å². The van der Waals surface area contributed by atoms with Gasteiger partial charge in [-0.25, -0.2) is 4.39 Å². The Morgan fingerprint density at radius 1 is 1.33 bits per heavy atom. The number of benzene rings is 1. The summed E-state index contributed by atoms with van der Waals surface area (Å²) in [6.45, 7) is 0.544. The number of ether oxygens (including phenoxy) is 1. The maximum Gasteiger partial charge on any atom is 0.257 e. The molecule has 1 aliphatic carbocycles. The summed E-state index contributed by atoms with van der Waals surface area (Å²) in [4.78, 5) is 13.1. The molecule has 110 valence electrons. The Labute approximate surface area is 126 Å². The normalized spacial score (nSPS) is 15.5. The number of halogens is 1. The largest absolute Gasteiger partial charge is 0.484 e. The summed E-state index contributed by atoms with van der Waals surface area (Å²) in [5.74, 6) is -0.186. The molecule has 1 fully saturated rings. The predicted octanol–water partition coefficient (Wildman–Crippen LogP) is 3.11. The first-order valence-corrected chi connectivity index (χ1v) is 7.75. The SMILES string of the molecule is O=C(COc1cccc(F)c1)NCC1(c2cccs2)CC1. The number of carbonyl (C=O) groups is 1. The molecular weight excluding hydrogens is 289 g/mol. The van der Waals surface area contributed by atoms with Gasteiger partial charge < -0.3 is 10.1 Å². The van der Waals surface area contributed by atoms with Crippen LogP contribution in [0.4, 0.5) is 4.39 Å². The van der Waals surface area contributed by atoms with Gasteiger partial charge in [-0.15, -0.1) is 11.3 Å². The zero-order chi connectivity index (χ0) is 14.7. The van der Waals surface area contributed by atoms with Gasteiger partial charge in [-0.3, -0.25) is 4.79 Å². The molecule has 0 spiro atoms. The van der Waals surface area contributed by atoms with E-state index in [1.54, 1.807) is 23.5 Å². The Morgan fingerprint density at radius 2 is 2.19 bits per heavy atom. The monoisotopic (exact) mass is 305 g/mol. The highest BCUT2D eigenvalue weighted by Gasteiger charge is 2.45. The average Bonchev–Trinajstić information content (AvgIpc) is 3.06. The van der Waals surface area contributed by atoms with Crippen LogP contribution in [0.2, 0.25) is 0 Å². The molecule has 5 heteroatoms. The average molecular weight is 305 g/mol. The van der Waals surface area contributed by atoms with E-state index in [1.165, 1.54) is 17.0 Å². The third-order valence-electron chi connectivity index (χ3n) is 3.69. The minimum atomic E-state index is -0.373. The lowest BCUT2D eigenvalue weighted by Gasteiger charge is -2.14. The maximum atomic E-state index is 13.0. The van der Waals surface area contributed by atoms with E-state index in [0.29, 0.717) is 12.3 Å². The first-order chi connectivity index (χ1) is 10.2. The molecule has 2 aromatic rings. The fraction of sp³-hybridized carbons (Fsp3) is 0.312. The van der Waals surface area contributed by atoms with Crippen LogP contribution in [0.3, 0.4) is 0 Å². The number of carbonyl (C=O) groups excluding carboxylic acids is 1. The standard InChI is InChI=1S/C16H16FNO2S/c17-12-3-1-4-13(9-12)20-10-15(19)18-11-16(6-7-16)14-5-2-8-21-14/h1-5,8-9H,6-7,10-11H2,(H,18,19). The molecule has 1 aromatic heterocycles. The van der Waals surface area contributed by atoms with Gasteiger partial charge in [-0.2, -0.15) is 0 Å². The van der Waals surface area contributed by atoms with E-state index in [-0.39, 0.29) is 23.7 Å². The van der Waals surface area contributed by atoms with Crippen molar-refractivity contribution >= 4 is 17.2 Å². The third kappa shape index (κ3) is 3.42. The number of thiophene rings is 1. The summed E-state index contributed by atoms with van der Waals surface area (Å²) >= 11 is 1.73. The molecule has 21 heavy (non-hydrogen) atoms. The molecule has 3 nitrogen and oxygen atoms in total. The molecule has 1 amide bonds. The topological polar surface area (TPSA) is 38.3 Å². The van der Waals surface area contributed by atoms with Crippen molar-refractivity contribution < 1.29 is 13.9 Å². The zero-order valence-electron chi connectivity index (χ0n) is 11.5. The second-order valence-corrected chi connectivity index (χ2v) is 6.23. The highest BCUT2D eigenvalue weighted by molar-refractivity contribution is 7.10. The summed E-state index contributed by atoms with van der Waals surface area (Å²) in [6, 6.07) is 9.94. The minimum absolute atomic E-state index is 0.0933. The van der Waals surface area contributed by atoms with E-state index in [2.05, 4.69) is 16.8 Å². The molecule has 3 rings (SSSR count). The van der Waals surface area contributed by atoms with E-state index < -0.39 is 0 Å². The molecule has 1 aromatic carbocycles. The summed E-state index contributed by atoms with van der Waals surface area (Å²) in [5, 5.41) is 4.97. The van der Waals surface area contributed by atoms with Crippen molar-refractivity contribution in [2.75, 3.05) is 13.2 Å². The number of nitrogens with one attached hydrogen (secondary N) is 1. The molecule has 0 aliphatic heterocycles. The molecule has 0 saturated heterocycles. The first kappa shape index (κ1) is 14.1. The smallest absolute Gasteiger partial charge is 0.257 e. The lowest BCUT2D eigenvalue weighted by atomic mass is 10.1. The molecular formula is C16H16FNO2S. The van der Waals surface area contributed by atoms with Crippen molar-refractivity contribution in [3.8, 4) is 5.75 Å². The van der Waals surface area contributed by atoms with Crippen molar-refractivity contribution in [2.24, 2.45) is 0 Å². The highest BCUT2D eigenvalue weighted by atomic mass is 32.1. The van der Waals surface area contributed by atoms with Crippen molar-refractivity contribution in [1.29, 1.82) is 0 Å². The van der Waals surface area contributed by atoms with Crippen LogP contribution in [-0.4, -0.2) is 19.1 Å². The van der Waals surface area contributed by atoms with E-state index in [9.17, 15) is 9.18 Å². The third-order valence-corrected chi connectivity index (χ3v) is 4.80. The van der Waals surface area contributed by atoms with Gasteiger partial charge >= 0.3 is 0 Å².